The van der Waals surface area contributed by atoms with Gasteiger partial charge >= 0.3 is 0 Å². The molecule has 6 heteroatoms. The molecule has 0 saturated heterocycles. The second-order valence-corrected chi connectivity index (χ2v) is 9.72. The minimum Gasteiger partial charge on any atom is -0.341 e. The van der Waals surface area contributed by atoms with E-state index in [0.717, 1.165) is 28.1 Å². The molecule has 0 bridgehead atoms. The molecule has 0 unspecified atom stereocenters. The van der Waals surface area contributed by atoms with Gasteiger partial charge in [-0.05, 0) is 74.5 Å². The normalized spacial score (nSPS) is 11.1. The number of aromatic nitrogens is 1. The molecule has 4 aromatic carbocycles. The first-order chi connectivity index (χ1) is 17.5. The number of fused-ring (bicyclic) bond motifs is 3. The van der Waals surface area contributed by atoms with Crippen LogP contribution in [0.2, 0.25) is 0 Å². The van der Waals surface area contributed by atoms with E-state index in [1.165, 1.54) is 28.2 Å². The summed E-state index contributed by atoms with van der Waals surface area (Å²) in [6.07, 6.45) is 0. The molecule has 0 spiro atoms. The molecule has 0 aliphatic carbocycles. The standard InChI is InChI=1S/C30H27N3O2S/c1-3-33-27-7-5-4-6-25(27)26-18-23(14-17-28(26)33)31-29(34)19-36-24-15-12-22(13-16-24)32-30(35)21-10-8-20(2)9-11-21/h4-18H,3,19H2,1-2H3,(H,31,34)(H,32,35). The number of carbonyl (C=O) groups is 2. The van der Waals surface area contributed by atoms with Crippen LogP contribution >= 0.6 is 11.8 Å². The van der Waals surface area contributed by atoms with Gasteiger partial charge in [-0.25, -0.2) is 0 Å². The highest BCUT2D eigenvalue weighted by atomic mass is 32.2. The molecule has 0 aliphatic rings. The Bertz CT molecular complexity index is 1550. The average Bonchev–Trinajstić information content (AvgIpc) is 3.21. The van der Waals surface area contributed by atoms with Crippen molar-refractivity contribution in [1.29, 1.82) is 0 Å². The van der Waals surface area contributed by atoms with Gasteiger partial charge in [0.15, 0.2) is 0 Å². The quantitative estimate of drug-likeness (QED) is 0.238. The van der Waals surface area contributed by atoms with Crippen LogP contribution in [0.4, 0.5) is 11.4 Å². The SMILES string of the molecule is CCn1c2ccccc2c2cc(NC(=O)CSc3ccc(NC(=O)c4ccc(C)cc4)cc3)ccc21. The number of anilines is 2. The lowest BCUT2D eigenvalue weighted by molar-refractivity contribution is -0.113. The van der Waals surface area contributed by atoms with Crippen LogP contribution in [0.15, 0.2) is 95.9 Å². The van der Waals surface area contributed by atoms with Gasteiger partial charge < -0.3 is 15.2 Å². The molecule has 2 amide bonds. The van der Waals surface area contributed by atoms with Gasteiger partial charge in [-0.1, -0.05) is 35.9 Å². The van der Waals surface area contributed by atoms with Crippen molar-refractivity contribution in [2.24, 2.45) is 0 Å². The van der Waals surface area contributed by atoms with Gasteiger partial charge in [0.1, 0.15) is 0 Å². The minimum absolute atomic E-state index is 0.0599. The molecule has 1 heterocycles. The molecule has 2 N–H and O–H groups in total. The number of nitrogens with zero attached hydrogens (tertiary/aromatic N) is 1. The van der Waals surface area contributed by atoms with Gasteiger partial charge in [-0.2, -0.15) is 0 Å². The number of benzene rings is 4. The molecule has 5 rings (SSSR count). The van der Waals surface area contributed by atoms with Crippen LogP contribution in [0.1, 0.15) is 22.8 Å². The van der Waals surface area contributed by atoms with Crippen LogP contribution in [0.3, 0.4) is 0 Å². The Morgan fingerprint density at radius 1 is 0.778 bits per heavy atom. The third-order valence-corrected chi connectivity index (χ3v) is 7.18. The minimum atomic E-state index is -0.145. The first-order valence-corrected chi connectivity index (χ1v) is 12.9. The fraction of sp³-hybridized carbons (Fsp3) is 0.133. The van der Waals surface area contributed by atoms with Gasteiger partial charge in [0.2, 0.25) is 5.91 Å². The van der Waals surface area contributed by atoms with Gasteiger partial charge in [0.05, 0.1) is 5.75 Å². The molecule has 180 valence electrons. The molecular weight excluding hydrogens is 466 g/mol. The van der Waals surface area contributed by atoms with E-state index in [1.807, 2.05) is 67.6 Å². The summed E-state index contributed by atoms with van der Waals surface area (Å²) in [4.78, 5) is 26.0. The zero-order chi connectivity index (χ0) is 25.1. The molecular formula is C30H27N3O2S. The molecule has 0 aliphatic heterocycles. The second kappa shape index (κ2) is 10.3. The Labute approximate surface area is 214 Å². The van der Waals surface area contributed by atoms with Crippen LogP contribution in [-0.4, -0.2) is 22.1 Å². The molecule has 5 aromatic rings. The van der Waals surface area contributed by atoms with E-state index >= 15 is 0 Å². The fourth-order valence-corrected chi connectivity index (χ4v) is 5.06. The largest absolute Gasteiger partial charge is 0.341 e. The highest BCUT2D eigenvalue weighted by Gasteiger charge is 2.11. The molecule has 1 aromatic heterocycles. The van der Waals surface area contributed by atoms with Crippen molar-refractivity contribution in [3.05, 3.63) is 102 Å². The summed E-state index contributed by atoms with van der Waals surface area (Å²) < 4.78 is 2.29. The van der Waals surface area contributed by atoms with E-state index in [1.54, 1.807) is 0 Å². The van der Waals surface area contributed by atoms with E-state index in [-0.39, 0.29) is 11.8 Å². The maximum atomic E-state index is 12.6. The van der Waals surface area contributed by atoms with Crippen molar-refractivity contribution < 1.29 is 9.59 Å². The first kappa shape index (κ1) is 23.7. The van der Waals surface area contributed by atoms with Crippen molar-refractivity contribution in [3.63, 3.8) is 0 Å². The van der Waals surface area contributed by atoms with E-state index in [4.69, 9.17) is 0 Å². The Balaban J connectivity index is 1.20. The summed E-state index contributed by atoms with van der Waals surface area (Å²) in [6, 6.07) is 29.4. The number of hydrogen-bond donors (Lipinski definition) is 2. The number of amides is 2. The van der Waals surface area contributed by atoms with Gasteiger partial charge in [0, 0.05) is 50.2 Å². The average molecular weight is 494 g/mol. The van der Waals surface area contributed by atoms with Crippen LogP contribution < -0.4 is 10.6 Å². The molecule has 36 heavy (non-hydrogen) atoms. The number of hydrogen-bond acceptors (Lipinski definition) is 3. The lowest BCUT2D eigenvalue weighted by atomic mass is 10.1. The van der Waals surface area contributed by atoms with E-state index < -0.39 is 0 Å². The van der Waals surface area contributed by atoms with Crippen molar-refractivity contribution in [3.8, 4) is 0 Å². The van der Waals surface area contributed by atoms with E-state index in [2.05, 4.69) is 52.5 Å². The summed E-state index contributed by atoms with van der Waals surface area (Å²) >= 11 is 1.46. The number of thioether (sulfide) groups is 1. The third-order valence-electron chi connectivity index (χ3n) is 6.17. The molecule has 0 fully saturated rings. The third kappa shape index (κ3) is 4.99. The summed E-state index contributed by atoms with van der Waals surface area (Å²) in [5.41, 5.74) is 5.61. The summed E-state index contributed by atoms with van der Waals surface area (Å²) in [5.74, 6) is 0.0910. The fourth-order valence-electron chi connectivity index (χ4n) is 4.36. The molecule has 5 nitrogen and oxygen atoms in total. The Kier molecular flexibility index (Phi) is 6.78. The van der Waals surface area contributed by atoms with Crippen molar-refractivity contribution in [2.45, 2.75) is 25.3 Å². The Morgan fingerprint density at radius 2 is 1.47 bits per heavy atom. The summed E-state index contributed by atoms with van der Waals surface area (Å²) in [6.45, 7) is 5.02. The topological polar surface area (TPSA) is 63.1 Å². The maximum Gasteiger partial charge on any atom is 0.255 e. The second-order valence-electron chi connectivity index (χ2n) is 8.67. The predicted molar refractivity (Wildman–Crippen MR) is 150 cm³/mol. The van der Waals surface area contributed by atoms with Crippen LogP contribution in [-0.2, 0) is 11.3 Å². The highest BCUT2D eigenvalue weighted by Crippen LogP contribution is 2.31. The number of aryl methyl sites for hydroxylation is 2. The summed E-state index contributed by atoms with van der Waals surface area (Å²) in [7, 11) is 0. The zero-order valence-corrected chi connectivity index (χ0v) is 21.1. The molecule has 0 saturated carbocycles. The summed E-state index contributed by atoms with van der Waals surface area (Å²) in [5, 5.41) is 8.27. The number of para-hydroxylation sites is 1. The number of carbonyl (C=O) groups excluding carboxylic acids is 2. The monoisotopic (exact) mass is 493 g/mol. The first-order valence-electron chi connectivity index (χ1n) is 11.9. The molecule has 0 atom stereocenters. The van der Waals surface area contributed by atoms with Crippen molar-refractivity contribution in [1.82, 2.24) is 4.57 Å². The van der Waals surface area contributed by atoms with Gasteiger partial charge in [-0.3, -0.25) is 9.59 Å². The lowest BCUT2D eigenvalue weighted by Crippen LogP contribution is -2.14. The van der Waals surface area contributed by atoms with Crippen LogP contribution in [0.25, 0.3) is 21.8 Å². The molecule has 0 radical (unpaired) electrons. The maximum absolute atomic E-state index is 12.6. The zero-order valence-electron chi connectivity index (χ0n) is 20.2. The van der Waals surface area contributed by atoms with Crippen molar-refractivity contribution in [2.75, 3.05) is 16.4 Å². The Morgan fingerprint density at radius 3 is 2.22 bits per heavy atom. The number of nitrogens with one attached hydrogen (secondary N) is 2. The van der Waals surface area contributed by atoms with E-state index in [9.17, 15) is 9.59 Å². The Hall–Kier alpha value is -4.03. The predicted octanol–water partition coefficient (Wildman–Crippen LogP) is 7.11. The number of rotatable bonds is 7. The smallest absolute Gasteiger partial charge is 0.255 e. The van der Waals surface area contributed by atoms with Gasteiger partial charge in [-0.15, -0.1) is 11.8 Å². The van der Waals surface area contributed by atoms with Crippen LogP contribution in [0, 0.1) is 6.92 Å². The van der Waals surface area contributed by atoms with Gasteiger partial charge in [0.25, 0.3) is 5.91 Å². The highest BCUT2D eigenvalue weighted by molar-refractivity contribution is 8.00. The van der Waals surface area contributed by atoms with Crippen molar-refractivity contribution >= 4 is 56.8 Å². The lowest BCUT2D eigenvalue weighted by Gasteiger charge is -2.08. The van der Waals surface area contributed by atoms with E-state index in [0.29, 0.717) is 17.0 Å². The van der Waals surface area contributed by atoms with Crippen LogP contribution in [0.5, 0.6) is 0 Å².